The van der Waals surface area contributed by atoms with Gasteiger partial charge in [-0.15, -0.1) is 0 Å². The van der Waals surface area contributed by atoms with Gasteiger partial charge in [0, 0.05) is 0 Å². The van der Waals surface area contributed by atoms with Gasteiger partial charge in [-0.25, -0.2) is 9.59 Å². The van der Waals surface area contributed by atoms with Crippen molar-refractivity contribution < 1.29 is 19.1 Å². The number of halogens is 2. The second-order valence-corrected chi connectivity index (χ2v) is 9.36. The van der Waals surface area contributed by atoms with Crippen LogP contribution in [0.4, 0.5) is 0 Å². The highest BCUT2D eigenvalue weighted by atomic mass is 79.9. The summed E-state index contributed by atoms with van der Waals surface area (Å²) in [6.07, 6.45) is 0. The molecule has 6 heteroatoms. The van der Waals surface area contributed by atoms with E-state index in [4.69, 9.17) is 9.47 Å². The van der Waals surface area contributed by atoms with Crippen LogP contribution in [0.15, 0.2) is 109 Å². The van der Waals surface area contributed by atoms with E-state index in [1.807, 2.05) is 60.7 Å². The van der Waals surface area contributed by atoms with Gasteiger partial charge in [0.1, 0.15) is 11.5 Å². The summed E-state index contributed by atoms with van der Waals surface area (Å²) in [4.78, 5) is 25.2. The highest BCUT2D eigenvalue weighted by Gasteiger charge is 2.28. The Morgan fingerprint density at radius 2 is 0.824 bits per heavy atom. The average molecular weight is 580 g/mol. The van der Waals surface area contributed by atoms with Gasteiger partial charge in [-0.1, -0.05) is 105 Å². The van der Waals surface area contributed by atoms with E-state index in [0.717, 1.165) is 11.1 Å². The largest absolute Gasteiger partial charge is 0.423 e. The predicted molar refractivity (Wildman–Crippen MR) is 139 cm³/mol. The number of ether oxygens (including phenoxy) is 2. The fourth-order valence-corrected chi connectivity index (χ4v) is 4.83. The molecule has 34 heavy (non-hydrogen) atoms. The molecule has 0 fully saturated rings. The summed E-state index contributed by atoms with van der Waals surface area (Å²) >= 11 is 7.47. The molecule has 0 saturated carbocycles. The summed E-state index contributed by atoms with van der Waals surface area (Å²) in [6.45, 7) is 0. The summed E-state index contributed by atoms with van der Waals surface area (Å²) in [5.41, 5.74) is 2.33. The van der Waals surface area contributed by atoms with E-state index in [-0.39, 0.29) is 9.65 Å². The molecule has 4 aromatic rings. The van der Waals surface area contributed by atoms with Crippen molar-refractivity contribution in [2.75, 3.05) is 0 Å². The molecule has 0 radical (unpaired) electrons. The molecule has 0 heterocycles. The molecule has 2 unspecified atom stereocenters. The monoisotopic (exact) mass is 578 g/mol. The molecule has 0 saturated heterocycles. The molecule has 0 aliphatic heterocycles. The van der Waals surface area contributed by atoms with Crippen LogP contribution in [0.3, 0.4) is 0 Å². The van der Waals surface area contributed by atoms with Crippen molar-refractivity contribution in [3.05, 3.63) is 131 Å². The lowest BCUT2D eigenvalue weighted by atomic mass is 9.96. The molecule has 0 bridgehead atoms. The predicted octanol–water partition coefficient (Wildman–Crippen LogP) is 7.70. The van der Waals surface area contributed by atoms with Gasteiger partial charge in [0.2, 0.25) is 0 Å². The minimum absolute atomic E-state index is 0.335. The normalized spacial score (nSPS) is 12.4. The van der Waals surface area contributed by atoms with E-state index in [0.29, 0.717) is 22.6 Å². The fraction of sp³-hybridized carbons (Fsp3) is 0.0714. The van der Waals surface area contributed by atoms with E-state index < -0.39 is 11.9 Å². The zero-order chi connectivity index (χ0) is 23.9. The van der Waals surface area contributed by atoms with Gasteiger partial charge in [0.05, 0.1) is 20.8 Å². The quantitative estimate of drug-likeness (QED) is 0.128. The van der Waals surface area contributed by atoms with Crippen LogP contribution in [0.5, 0.6) is 11.5 Å². The van der Waals surface area contributed by atoms with Crippen LogP contribution in [0.25, 0.3) is 0 Å². The lowest BCUT2D eigenvalue weighted by Crippen LogP contribution is -2.16. The van der Waals surface area contributed by atoms with Gasteiger partial charge in [-0.3, -0.25) is 0 Å². The molecule has 0 aliphatic carbocycles. The van der Waals surface area contributed by atoms with Gasteiger partial charge in [-0.2, -0.15) is 0 Å². The second kappa shape index (κ2) is 11.3. The molecular formula is C28H20Br2O4. The standard InChI is InChI=1S/C28H20Br2O4/c29-25(21-15-7-9-17-23(21)27(31)33-19-11-3-1-4-12-19)26(30)22-16-8-10-18-24(22)28(32)34-20-13-5-2-6-14-20/h1-18,25-26H. The minimum atomic E-state index is -0.456. The van der Waals surface area contributed by atoms with Crippen LogP contribution in [0.2, 0.25) is 0 Å². The smallest absolute Gasteiger partial charge is 0.343 e. The first-order valence-electron chi connectivity index (χ1n) is 10.5. The molecule has 0 aromatic heterocycles. The van der Waals surface area contributed by atoms with Crippen molar-refractivity contribution in [1.29, 1.82) is 0 Å². The van der Waals surface area contributed by atoms with Crippen LogP contribution in [-0.4, -0.2) is 11.9 Å². The molecule has 170 valence electrons. The number of rotatable bonds is 7. The molecule has 0 N–H and O–H groups in total. The van der Waals surface area contributed by atoms with Crippen LogP contribution >= 0.6 is 31.9 Å². The Hall–Kier alpha value is -3.22. The topological polar surface area (TPSA) is 52.6 Å². The van der Waals surface area contributed by atoms with E-state index >= 15 is 0 Å². The summed E-state index contributed by atoms with van der Waals surface area (Å²) in [5, 5.41) is 0. The third kappa shape index (κ3) is 5.64. The number of hydrogen-bond acceptors (Lipinski definition) is 4. The molecule has 4 rings (SSSR count). The van der Waals surface area contributed by atoms with Crippen LogP contribution in [-0.2, 0) is 0 Å². The minimum Gasteiger partial charge on any atom is -0.423 e. The number of hydrogen-bond donors (Lipinski definition) is 0. The highest BCUT2D eigenvalue weighted by Crippen LogP contribution is 2.44. The zero-order valence-corrected chi connectivity index (χ0v) is 21.1. The molecule has 0 amide bonds. The highest BCUT2D eigenvalue weighted by molar-refractivity contribution is 9.12. The van der Waals surface area contributed by atoms with Crippen molar-refractivity contribution in [2.24, 2.45) is 0 Å². The number of carbonyl (C=O) groups excluding carboxylic acids is 2. The Kier molecular flexibility index (Phi) is 7.93. The maximum atomic E-state index is 12.9. The van der Waals surface area contributed by atoms with Gasteiger partial charge in [0.25, 0.3) is 0 Å². The SMILES string of the molecule is O=C(Oc1ccccc1)c1ccccc1C(Br)C(Br)c1ccccc1C(=O)Oc1ccccc1. The number of benzene rings is 4. The number of alkyl halides is 2. The van der Waals surface area contributed by atoms with Crippen LogP contribution < -0.4 is 9.47 Å². The van der Waals surface area contributed by atoms with E-state index in [1.54, 1.807) is 48.5 Å². The first-order chi connectivity index (χ1) is 16.5. The van der Waals surface area contributed by atoms with Gasteiger partial charge >= 0.3 is 11.9 Å². The Morgan fingerprint density at radius 1 is 0.500 bits per heavy atom. The Labute approximate surface area is 214 Å². The van der Waals surface area contributed by atoms with Crippen LogP contribution in [0.1, 0.15) is 41.5 Å². The molecule has 4 aromatic carbocycles. The average Bonchev–Trinajstić information content (AvgIpc) is 2.89. The first-order valence-corrected chi connectivity index (χ1v) is 12.4. The fourth-order valence-electron chi connectivity index (χ4n) is 3.46. The Morgan fingerprint density at radius 3 is 1.21 bits per heavy atom. The van der Waals surface area contributed by atoms with Gasteiger partial charge in [-0.05, 0) is 47.5 Å². The van der Waals surface area contributed by atoms with Crippen molar-refractivity contribution in [3.63, 3.8) is 0 Å². The number of esters is 2. The molecule has 0 aliphatic rings. The molecular weight excluding hydrogens is 560 g/mol. The van der Waals surface area contributed by atoms with Crippen molar-refractivity contribution in [3.8, 4) is 11.5 Å². The summed E-state index contributed by atoms with van der Waals surface area (Å²) in [6, 6.07) is 32.3. The molecule has 2 atom stereocenters. The van der Waals surface area contributed by atoms with Crippen molar-refractivity contribution >= 4 is 43.8 Å². The zero-order valence-electron chi connectivity index (χ0n) is 17.9. The number of carbonyl (C=O) groups is 2. The number of para-hydroxylation sites is 2. The van der Waals surface area contributed by atoms with Crippen molar-refractivity contribution in [2.45, 2.75) is 9.65 Å². The molecule has 0 spiro atoms. The summed E-state index contributed by atoms with van der Waals surface area (Å²) < 4.78 is 11.1. The maximum absolute atomic E-state index is 12.9. The lowest BCUT2D eigenvalue weighted by Gasteiger charge is -2.22. The second-order valence-electron chi connectivity index (χ2n) is 7.38. The Balaban J connectivity index is 1.60. The summed E-state index contributed by atoms with van der Waals surface area (Å²) in [5.74, 6) is 0.0288. The van der Waals surface area contributed by atoms with E-state index in [9.17, 15) is 9.59 Å². The third-order valence-corrected chi connectivity index (χ3v) is 7.87. The van der Waals surface area contributed by atoms with Crippen LogP contribution in [0, 0.1) is 0 Å². The lowest BCUT2D eigenvalue weighted by molar-refractivity contribution is 0.0723. The van der Waals surface area contributed by atoms with Crippen molar-refractivity contribution in [1.82, 2.24) is 0 Å². The van der Waals surface area contributed by atoms with Gasteiger partial charge < -0.3 is 9.47 Å². The van der Waals surface area contributed by atoms with E-state index in [1.165, 1.54) is 0 Å². The molecule has 4 nitrogen and oxygen atoms in total. The Bertz CT molecular complexity index is 1170. The van der Waals surface area contributed by atoms with E-state index in [2.05, 4.69) is 31.9 Å². The van der Waals surface area contributed by atoms with Gasteiger partial charge in [0.15, 0.2) is 0 Å². The first kappa shape index (κ1) is 23.9. The maximum Gasteiger partial charge on any atom is 0.343 e. The third-order valence-electron chi connectivity index (χ3n) is 5.12. The summed E-state index contributed by atoms with van der Waals surface area (Å²) in [7, 11) is 0.